The van der Waals surface area contributed by atoms with Gasteiger partial charge in [0.15, 0.2) is 0 Å². The van der Waals surface area contributed by atoms with Gasteiger partial charge in [-0.05, 0) is 18.6 Å². The fourth-order valence-corrected chi connectivity index (χ4v) is 1.89. The Hall–Kier alpha value is -0.290. The summed E-state index contributed by atoms with van der Waals surface area (Å²) in [6.07, 6.45) is -1.54. The Bertz CT molecular complexity index is 335. The Labute approximate surface area is 102 Å². The number of aliphatic hydroxyl groups is 2. The maximum atomic E-state index is 9.79. The van der Waals surface area contributed by atoms with Gasteiger partial charge in [0.2, 0.25) is 0 Å². The second-order valence-electron chi connectivity index (χ2n) is 3.26. The van der Waals surface area contributed by atoms with Crippen LogP contribution in [0.25, 0.3) is 0 Å². The van der Waals surface area contributed by atoms with Crippen molar-refractivity contribution in [3.05, 3.63) is 28.2 Å². The topological polar surface area (TPSA) is 66.5 Å². The molecule has 0 aliphatic rings. The van der Waals surface area contributed by atoms with Crippen LogP contribution in [-0.2, 0) is 0 Å². The fourth-order valence-electron chi connectivity index (χ4n) is 1.29. The average Bonchev–Trinajstić information content (AvgIpc) is 2.17. The molecule has 0 radical (unpaired) electrons. The van der Waals surface area contributed by atoms with Crippen molar-refractivity contribution in [1.29, 1.82) is 0 Å². The first-order chi connectivity index (χ1) is 7.06. The zero-order chi connectivity index (χ0) is 11.4. The molecule has 15 heavy (non-hydrogen) atoms. The van der Waals surface area contributed by atoms with Gasteiger partial charge < -0.3 is 15.9 Å². The zero-order valence-corrected chi connectivity index (χ0v) is 10.4. The monoisotopic (exact) mass is 293 g/mol. The molecule has 4 N–H and O–H groups in total. The molecular weight excluding hydrogens is 281 g/mol. The maximum Gasteiger partial charge on any atom is 0.107 e. The molecule has 0 spiro atoms. The van der Waals surface area contributed by atoms with Crippen LogP contribution in [0.3, 0.4) is 0 Å². The van der Waals surface area contributed by atoms with E-state index in [1.54, 1.807) is 18.2 Å². The highest BCUT2D eigenvalue weighted by Gasteiger charge is 2.19. The predicted octanol–water partition coefficient (Wildman–Crippen LogP) is 2.05. The second kappa shape index (κ2) is 5.70. The Morgan fingerprint density at radius 1 is 1.40 bits per heavy atom. The molecule has 0 saturated carbocycles. The van der Waals surface area contributed by atoms with Gasteiger partial charge in [-0.25, -0.2) is 0 Å². The zero-order valence-electron chi connectivity index (χ0n) is 8.03. The molecule has 2 unspecified atom stereocenters. The molecule has 0 heterocycles. The molecule has 3 nitrogen and oxygen atoms in total. The third-order valence-corrected chi connectivity index (χ3v) is 2.85. The Kier molecular flexibility index (Phi) is 4.86. The summed E-state index contributed by atoms with van der Waals surface area (Å²) in [5, 5.41) is 19.4. The van der Waals surface area contributed by atoms with Gasteiger partial charge in [0.05, 0.1) is 6.10 Å². The van der Waals surface area contributed by atoms with E-state index in [0.29, 0.717) is 23.6 Å². The number of aliphatic hydroxyl groups excluding tert-OH is 2. The molecule has 0 aliphatic heterocycles. The third kappa shape index (κ3) is 3.34. The number of benzene rings is 1. The summed E-state index contributed by atoms with van der Waals surface area (Å²) in [6, 6.07) is 5.13. The average molecular weight is 295 g/mol. The smallest absolute Gasteiger partial charge is 0.107 e. The van der Waals surface area contributed by atoms with E-state index < -0.39 is 12.2 Å². The summed E-state index contributed by atoms with van der Waals surface area (Å²) < 4.78 is 0.836. The fraction of sp³-hybridized carbons (Fsp3) is 0.400. The Morgan fingerprint density at radius 2 is 2.07 bits per heavy atom. The van der Waals surface area contributed by atoms with Gasteiger partial charge >= 0.3 is 0 Å². The molecule has 84 valence electrons. The van der Waals surface area contributed by atoms with Gasteiger partial charge in [-0.2, -0.15) is 0 Å². The summed E-state index contributed by atoms with van der Waals surface area (Å²) >= 11 is 8.75. The van der Waals surface area contributed by atoms with Crippen molar-refractivity contribution in [1.82, 2.24) is 0 Å². The van der Waals surface area contributed by atoms with Gasteiger partial charge in [-0.1, -0.05) is 22.0 Å². The van der Waals surface area contributed by atoms with Crippen molar-refractivity contribution in [2.75, 3.05) is 11.6 Å². The van der Waals surface area contributed by atoms with Gasteiger partial charge in [-0.15, -0.1) is 11.6 Å². The van der Waals surface area contributed by atoms with Crippen LogP contribution in [0.4, 0.5) is 5.69 Å². The minimum absolute atomic E-state index is 0.300. The van der Waals surface area contributed by atoms with Crippen LogP contribution in [0, 0.1) is 0 Å². The maximum absolute atomic E-state index is 9.79. The van der Waals surface area contributed by atoms with Crippen LogP contribution >= 0.6 is 27.5 Å². The largest absolute Gasteiger partial charge is 0.398 e. The summed E-state index contributed by atoms with van der Waals surface area (Å²) in [7, 11) is 0. The van der Waals surface area contributed by atoms with Crippen molar-refractivity contribution < 1.29 is 10.2 Å². The number of nitrogens with two attached hydrogens (primary N) is 1. The van der Waals surface area contributed by atoms with Gasteiger partial charge in [-0.3, -0.25) is 0 Å². The molecular formula is C10H13BrClNO2. The van der Waals surface area contributed by atoms with Gasteiger partial charge in [0.1, 0.15) is 6.10 Å². The van der Waals surface area contributed by atoms with Gasteiger partial charge in [0.25, 0.3) is 0 Å². The van der Waals surface area contributed by atoms with Crippen molar-refractivity contribution in [3.63, 3.8) is 0 Å². The van der Waals surface area contributed by atoms with Crippen LogP contribution in [0.2, 0.25) is 0 Å². The number of anilines is 1. The van der Waals surface area contributed by atoms with E-state index in [2.05, 4.69) is 15.9 Å². The molecule has 0 aliphatic carbocycles. The molecule has 0 bridgehead atoms. The van der Waals surface area contributed by atoms with E-state index in [4.69, 9.17) is 17.3 Å². The van der Waals surface area contributed by atoms with E-state index in [0.717, 1.165) is 4.47 Å². The van der Waals surface area contributed by atoms with Crippen LogP contribution < -0.4 is 5.73 Å². The normalized spacial score (nSPS) is 14.9. The summed E-state index contributed by atoms with van der Waals surface area (Å²) in [5.41, 5.74) is 6.70. The molecule has 0 saturated heterocycles. The lowest BCUT2D eigenvalue weighted by atomic mass is 10.0. The molecule has 1 rings (SSSR count). The highest BCUT2D eigenvalue weighted by Crippen LogP contribution is 2.27. The van der Waals surface area contributed by atoms with Crippen molar-refractivity contribution >= 4 is 33.2 Å². The number of hydrogen-bond acceptors (Lipinski definition) is 3. The molecule has 0 fully saturated rings. The van der Waals surface area contributed by atoms with Gasteiger partial charge in [0, 0.05) is 21.6 Å². The van der Waals surface area contributed by atoms with Crippen molar-refractivity contribution in [2.45, 2.75) is 18.6 Å². The Morgan fingerprint density at radius 3 is 2.60 bits per heavy atom. The molecule has 0 amide bonds. The van der Waals surface area contributed by atoms with E-state index in [1.807, 2.05) is 0 Å². The Balaban J connectivity index is 2.86. The standard InChI is InChI=1S/C10H13BrClNO2/c11-6-1-2-7(8(13)5-6)10(15)9(14)3-4-12/h1-2,5,9-10,14-15H,3-4,13H2. The number of rotatable bonds is 4. The number of nitrogen functional groups attached to an aromatic ring is 1. The number of alkyl halides is 1. The van der Waals surface area contributed by atoms with Crippen LogP contribution in [0.15, 0.2) is 22.7 Å². The summed E-state index contributed by atoms with van der Waals surface area (Å²) in [4.78, 5) is 0. The highest BCUT2D eigenvalue weighted by atomic mass is 79.9. The van der Waals surface area contributed by atoms with Crippen LogP contribution in [0.1, 0.15) is 18.1 Å². The van der Waals surface area contributed by atoms with Crippen LogP contribution in [0.5, 0.6) is 0 Å². The van der Waals surface area contributed by atoms with Crippen molar-refractivity contribution in [3.8, 4) is 0 Å². The first-order valence-corrected chi connectivity index (χ1v) is 5.86. The lowest BCUT2D eigenvalue weighted by Crippen LogP contribution is -2.19. The lowest BCUT2D eigenvalue weighted by Gasteiger charge is -2.18. The first-order valence-electron chi connectivity index (χ1n) is 4.53. The number of halogens is 2. The van der Waals surface area contributed by atoms with E-state index in [-0.39, 0.29) is 0 Å². The third-order valence-electron chi connectivity index (χ3n) is 2.14. The predicted molar refractivity (Wildman–Crippen MR) is 64.9 cm³/mol. The molecule has 0 aromatic heterocycles. The minimum Gasteiger partial charge on any atom is -0.398 e. The molecule has 5 heteroatoms. The summed E-state index contributed by atoms with van der Waals surface area (Å²) in [6.45, 7) is 0. The minimum atomic E-state index is -0.989. The first kappa shape index (κ1) is 12.8. The molecule has 2 atom stereocenters. The highest BCUT2D eigenvalue weighted by molar-refractivity contribution is 9.10. The van der Waals surface area contributed by atoms with Crippen LogP contribution in [-0.4, -0.2) is 22.2 Å². The van der Waals surface area contributed by atoms with E-state index >= 15 is 0 Å². The van der Waals surface area contributed by atoms with E-state index in [9.17, 15) is 10.2 Å². The SMILES string of the molecule is Nc1cc(Br)ccc1C(O)C(O)CCCl. The van der Waals surface area contributed by atoms with E-state index in [1.165, 1.54) is 0 Å². The molecule has 1 aromatic rings. The quantitative estimate of drug-likeness (QED) is 0.588. The number of hydrogen-bond donors (Lipinski definition) is 3. The summed E-state index contributed by atoms with van der Waals surface area (Å²) in [5.74, 6) is 0.300. The van der Waals surface area contributed by atoms with Crippen molar-refractivity contribution in [2.24, 2.45) is 0 Å². The molecule has 1 aromatic carbocycles. The lowest BCUT2D eigenvalue weighted by molar-refractivity contribution is 0.0174. The second-order valence-corrected chi connectivity index (χ2v) is 4.56.